The lowest BCUT2D eigenvalue weighted by Crippen LogP contribution is -2.26. The number of unbranched alkanes of at least 4 members (excludes halogenated alkanes) is 8. The van der Waals surface area contributed by atoms with Crippen LogP contribution in [0.3, 0.4) is 0 Å². The molecule has 0 bridgehead atoms. The summed E-state index contributed by atoms with van der Waals surface area (Å²) in [5.41, 5.74) is 1.19. The zero-order valence-electron chi connectivity index (χ0n) is 16.8. The molecule has 0 heterocycles. The van der Waals surface area contributed by atoms with Crippen molar-refractivity contribution in [1.82, 2.24) is 5.32 Å². The van der Waals surface area contributed by atoms with Crippen LogP contribution in [0.2, 0.25) is 0 Å². The molecule has 3 heteroatoms. The topological polar surface area (TPSA) is 29.1 Å². The molecule has 0 unspecified atom stereocenters. The van der Waals surface area contributed by atoms with Crippen LogP contribution in [0.1, 0.15) is 82.7 Å². The molecule has 2 aromatic carbocycles. The van der Waals surface area contributed by atoms with E-state index in [1.54, 1.807) is 0 Å². The number of carbonyl (C=O) groups excluding carboxylic acids is 1. The summed E-state index contributed by atoms with van der Waals surface area (Å²) in [4.78, 5) is 12.3. The van der Waals surface area contributed by atoms with E-state index in [1.807, 2.05) is 0 Å². The Bertz CT molecular complexity index is 680. The van der Waals surface area contributed by atoms with Crippen LogP contribution in [-0.2, 0) is 4.79 Å². The summed E-state index contributed by atoms with van der Waals surface area (Å²) in [7, 11) is 0. The van der Waals surface area contributed by atoms with Crippen molar-refractivity contribution in [2.75, 3.05) is 5.75 Å². The van der Waals surface area contributed by atoms with Gasteiger partial charge in [-0.05, 0) is 41.9 Å². The normalized spacial score (nSPS) is 12.2. The van der Waals surface area contributed by atoms with Gasteiger partial charge in [0.05, 0.1) is 6.04 Å². The molecule has 2 rings (SSSR count). The second-order valence-electron chi connectivity index (χ2n) is 7.51. The lowest BCUT2D eigenvalue weighted by Gasteiger charge is -2.16. The summed E-state index contributed by atoms with van der Waals surface area (Å²) >= 11 is 4.24. The fraction of sp³-hybridized carbons (Fsp3) is 0.542. The number of rotatable bonds is 13. The molecular weight excluding hydrogens is 350 g/mol. The second-order valence-corrected chi connectivity index (χ2v) is 7.96. The molecule has 0 saturated carbocycles. The summed E-state index contributed by atoms with van der Waals surface area (Å²) < 4.78 is 0. The highest BCUT2D eigenvalue weighted by atomic mass is 32.1. The first-order chi connectivity index (χ1) is 13.2. The molecule has 0 radical (unpaired) electrons. The van der Waals surface area contributed by atoms with Crippen LogP contribution in [-0.4, -0.2) is 11.7 Å². The minimum absolute atomic E-state index is 0.0425. The molecule has 0 saturated heterocycles. The molecule has 0 spiro atoms. The Kier molecular flexibility index (Phi) is 10.4. The Morgan fingerprint density at radius 1 is 0.852 bits per heavy atom. The Labute approximate surface area is 170 Å². The minimum Gasteiger partial charge on any atom is -0.350 e. The maximum absolute atomic E-state index is 12.3. The third-order valence-corrected chi connectivity index (χ3v) is 5.55. The molecule has 0 fully saturated rings. The third kappa shape index (κ3) is 7.96. The molecule has 1 atom stereocenters. The van der Waals surface area contributed by atoms with Gasteiger partial charge in [0.2, 0.25) is 5.91 Å². The molecule has 2 aromatic rings. The Morgan fingerprint density at radius 2 is 1.44 bits per heavy atom. The predicted octanol–water partition coefficient (Wildman–Crippen LogP) is 6.85. The number of fused-ring (bicyclic) bond motifs is 1. The number of hydrogen-bond acceptors (Lipinski definition) is 2. The van der Waals surface area contributed by atoms with Crippen molar-refractivity contribution in [1.29, 1.82) is 0 Å². The third-order valence-electron chi connectivity index (χ3n) is 5.23. The van der Waals surface area contributed by atoms with E-state index in [4.69, 9.17) is 0 Å². The summed E-state index contributed by atoms with van der Waals surface area (Å²) in [6.45, 7) is 2.08. The number of thiol groups is 1. The molecule has 0 aromatic heterocycles. The van der Waals surface area contributed by atoms with Gasteiger partial charge in [-0.3, -0.25) is 4.79 Å². The van der Waals surface area contributed by atoms with Gasteiger partial charge >= 0.3 is 0 Å². The fourth-order valence-corrected chi connectivity index (χ4v) is 3.88. The monoisotopic (exact) mass is 385 g/mol. The highest BCUT2D eigenvalue weighted by Crippen LogP contribution is 2.24. The summed E-state index contributed by atoms with van der Waals surface area (Å²) in [5, 5.41) is 5.62. The van der Waals surface area contributed by atoms with E-state index in [-0.39, 0.29) is 11.9 Å². The van der Waals surface area contributed by atoms with Gasteiger partial charge in [-0.1, -0.05) is 87.4 Å². The van der Waals surface area contributed by atoms with E-state index in [1.165, 1.54) is 61.3 Å². The Balaban J connectivity index is 1.61. The van der Waals surface area contributed by atoms with Crippen molar-refractivity contribution in [3.05, 3.63) is 48.0 Å². The van der Waals surface area contributed by atoms with Crippen molar-refractivity contribution in [3.63, 3.8) is 0 Å². The number of benzene rings is 2. The average molecular weight is 386 g/mol. The lowest BCUT2D eigenvalue weighted by atomic mass is 9.99. The smallest absolute Gasteiger partial charge is 0.220 e. The van der Waals surface area contributed by atoms with Crippen LogP contribution in [0.15, 0.2) is 42.5 Å². The molecule has 0 aliphatic heterocycles. The van der Waals surface area contributed by atoms with Crippen LogP contribution in [0.5, 0.6) is 0 Å². The van der Waals surface area contributed by atoms with Gasteiger partial charge in [0.15, 0.2) is 0 Å². The molecule has 0 aliphatic rings. The maximum Gasteiger partial charge on any atom is 0.220 e. The highest BCUT2D eigenvalue weighted by Gasteiger charge is 2.11. The minimum atomic E-state index is 0.0425. The maximum atomic E-state index is 12.3. The molecular formula is C24H35NOS. The van der Waals surface area contributed by atoms with Crippen molar-refractivity contribution in [2.24, 2.45) is 0 Å². The first-order valence-corrected chi connectivity index (χ1v) is 11.2. The van der Waals surface area contributed by atoms with Crippen LogP contribution < -0.4 is 5.32 Å². The predicted molar refractivity (Wildman–Crippen MR) is 121 cm³/mol. The van der Waals surface area contributed by atoms with Crippen molar-refractivity contribution in [2.45, 2.75) is 77.2 Å². The van der Waals surface area contributed by atoms with Crippen molar-refractivity contribution >= 4 is 29.3 Å². The summed E-state index contributed by atoms with van der Waals surface area (Å²) in [6.07, 6.45) is 11.9. The van der Waals surface area contributed by atoms with E-state index in [2.05, 4.69) is 67.3 Å². The van der Waals surface area contributed by atoms with Crippen LogP contribution in [0.4, 0.5) is 0 Å². The number of amides is 1. The number of carbonyl (C=O) groups is 1. The van der Waals surface area contributed by atoms with E-state index < -0.39 is 0 Å². The summed E-state index contributed by atoms with van der Waals surface area (Å²) in [6, 6.07) is 14.7. The zero-order valence-corrected chi connectivity index (χ0v) is 17.6. The average Bonchev–Trinajstić information content (AvgIpc) is 2.69. The van der Waals surface area contributed by atoms with Crippen LogP contribution in [0, 0.1) is 0 Å². The van der Waals surface area contributed by atoms with Gasteiger partial charge in [-0.25, -0.2) is 0 Å². The lowest BCUT2D eigenvalue weighted by molar-refractivity contribution is -0.121. The Hall–Kier alpha value is -1.48. The number of nitrogens with one attached hydrogen (secondary N) is 1. The van der Waals surface area contributed by atoms with E-state index in [0.29, 0.717) is 6.42 Å². The van der Waals surface area contributed by atoms with Gasteiger partial charge in [-0.2, -0.15) is 12.6 Å². The van der Waals surface area contributed by atoms with Crippen LogP contribution in [0.25, 0.3) is 10.8 Å². The van der Waals surface area contributed by atoms with E-state index in [9.17, 15) is 4.79 Å². The van der Waals surface area contributed by atoms with Crippen LogP contribution >= 0.6 is 12.6 Å². The SMILES string of the molecule is C[C@@H](NC(=O)CCCCCCCCCCCS)c1cccc2ccccc12. The van der Waals surface area contributed by atoms with Gasteiger partial charge in [0.1, 0.15) is 0 Å². The molecule has 27 heavy (non-hydrogen) atoms. The molecule has 2 nitrogen and oxygen atoms in total. The second kappa shape index (κ2) is 12.8. The first kappa shape index (κ1) is 21.8. The standard InChI is InChI=1S/C24H35NOS/c1-20(22-17-13-15-21-14-10-11-16-23(21)22)25-24(26)18-9-7-5-3-2-4-6-8-12-19-27/h10-11,13-17,20,27H,2-9,12,18-19H2,1H3,(H,25,26)/t20-/m1/s1. The number of hydrogen-bond donors (Lipinski definition) is 2. The van der Waals surface area contributed by atoms with E-state index >= 15 is 0 Å². The Morgan fingerprint density at radius 3 is 2.15 bits per heavy atom. The zero-order chi connectivity index (χ0) is 19.3. The molecule has 148 valence electrons. The first-order valence-electron chi connectivity index (χ1n) is 10.6. The molecule has 0 aliphatic carbocycles. The van der Waals surface area contributed by atoms with Gasteiger partial charge in [0.25, 0.3) is 0 Å². The largest absolute Gasteiger partial charge is 0.350 e. The van der Waals surface area contributed by atoms with Crippen molar-refractivity contribution < 1.29 is 4.79 Å². The fourth-order valence-electron chi connectivity index (χ4n) is 3.65. The molecule has 1 amide bonds. The van der Waals surface area contributed by atoms with E-state index in [0.717, 1.165) is 18.6 Å². The van der Waals surface area contributed by atoms with Gasteiger partial charge in [0, 0.05) is 6.42 Å². The van der Waals surface area contributed by atoms with Crippen molar-refractivity contribution in [3.8, 4) is 0 Å². The molecule has 1 N–H and O–H groups in total. The highest BCUT2D eigenvalue weighted by molar-refractivity contribution is 7.80. The van der Waals surface area contributed by atoms with Gasteiger partial charge in [-0.15, -0.1) is 0 Å². The quantitative estimate of drug-likeness (QED) is 0.286. The summed E-state index contributed by atoms with van der Waals surface area (Å²) in [5.74, 6) is 1.18. The van der Waals surface area contributed by atoms with Gasteiger partial charge < -0.3 is 5.32 Å².